The van der Waals surface area contributed by atoms with Crippen LogP contribution in [0.2, 0.25) is 0 Å². The van der Waals surface area contributed by atoms with Crippen LogP contribution in [-0.2, 0) is 13.6 Å². The summed E-state index contributed by atoms with van der Waals surface area (Å²) in [6.45, 7) is 8.47. The zero-order valence-corrected chi connectivity index (χ0v) is 12.3. The van der Waals surface area contributed by atoms with Gasteiger partial charge >= 0.3 is 0 Å². The predicted octanol–water partition coefficient (Wildman–Crippen LogP) is 2.58. The second kappa shape index (κ2) is 6.06. The van der Waals surface area contributed by atoms with E-state index in [1.807, 2.05) is 19.4 Å². The minimum atomic E-state index is 0.424. The molecule has 2 aromatic heterocycles. The van der Waals surface area contributed by atoms with Gasteiger partial charge in [-0.1, -0.05) is 20.8 Å². The van der Waals surface area contributed by atoms with E-state index in [9.17, 15) is 0 Å². The summed E-state index contributed by atoms with van der Waals surface area (Å²) < 4.78 is 4.26. The Balaban J connectivity index is 2.12. The quantitative estimate of drug-likeness (QED) is 0.866. The lowest BCUT2D eigenvalue weighted by Gasteiger charge is -2.20. The lowest BCUT2D eigenvalue weighted by Crippen LogP contribution is -2.25. The van der Waals surface area contributed by atoms with Crippen molar-refractivity contribution in [2.24, 2.45) is 13.0 Å². The van der Waals surface area contributed by atoms with Gasteiger partial charge in [0, 0.05) is 37.9 Å². The van der Waals surface area contributed by atoms with Crippen molar-refractivity contribution in [3.8, 4) is 0 Å². The van der Waals surface area contributed by atoms with Crippen LogP contribution < -0.4 is 5.32 Å². The van der Waals surface area contributed by atoms with Crippen molar-refractivity contribution in [1.29, 1.82) is 0 Å². The Morgan fingerprint density at radius 1 is 1.32 bits per heavy atom. The van der Waals surface area contributed by atoms with Gasteiger partial charge in [0.05, 0.1) is 6.54 Å². The molecule has 0 bridgehead atoms. The molecule has 1 atom stereocenters. The summed E-state index contributed by atoms with van der Waals surface area (Å²) in [6.07, 6.45) is 8.18. The first kappa shape index (κ1) is 13.9. The Kier molecular flexibility index (Phi) is 4.43. The second-order valence-corrected chi connectivity index (χ2v) is 5.35. The molecule has 1 unspecified atom stereocenters. The smallest absolute Gasteiger partial charge is 0.128 e. The van der Waals surface area contributed by atoms with Crippen molar-refractivity contribution in [1.82, 2.24) is 19.4 Å². The maximum Gasteiger partial charge on any atom is 0.128 e. The molecule has 1 N–H and O–H groups in total. The van der Waals surface area contributed by atoms with Crippen LogP contribution in [0.4, 0.5) is 0 Å². The Hall–Kier alpha value is -1.55. The van der Waals surface area contributed by atoms with E-state index in [0.717, 1.165) is 18.9 Å². The van der Waals surface area contributed by atoms with E-state index in [2.05, 4.69) is 58.7 Å². The van der Waals surface area contributed by atoms with Gasteiger partial charge in [0.15, 0.2) is 0 Å². The van der Waals surface area contributed by atoms with Gasteiger partial charge in [-0.2, -0.15) is 0 Å². The van der Waals surface area contributed by atoms with Crippen LogP contribution in [0.25, 0.3) is 0 Å². The Morgan fingerprint density at radius 3 is 2.68 bits per heavy atom. The zero-order valence-electron chi connectivity index (χ0n) is 12.3. The van der Waals surface area contributed by atoms with Gasteiger partial charge in [-0.25, -0.2) is 4.98 Å². The largest absolute Gasteiger partial charge is 0.346 e. The molecule has 104 valence electrons. The molecule has 19 heavy (non-hydrogen) atoms. The molecular formula is C15H24N4. The van der Waals surface area contributed by atoms with Gasteiger partial charge in [0.1, 0.15) is 5.82 Å². The lowest BCUT2D eigenvalue weighted by molar-refractivity contribution is 0.421. The van der Waals surface area contributed by atoms with Crippen molar-refractivity contribution in [2.45, 2.75) is 33.4 Å². The van der Waals surface area contributed by atoms with E-state index in [1.54, 1.807) is 0 Å². The average Bonchev–Trinajstić information content (AvgIpc) is 2.97. The molecule has 0 saturated carbocycles. The SMILES string of the molecule is CCNC(c1ccn(Cc2nccn2C)c1)C(C)C. The molecule has 0 saturated heterocycles. The molecule has 0 spiro atoms. The third-order valence-corrected chi connectivity index (χ3v) is 3.47. The van der Waals surface area contributed by atoms with E-state index < -0.39 is 0 Å². The van der Waals surface area contributed by atoms with Gasteiger partial charge in [-0.05, 0) is 24.1 Å². The second-order valence-electron chi connectivity index (χ2n) is 5.35. The molecule has 0 aliphatic rings. The Labute approximate surface area is 115 Å². The Morgan fingerprint density at radius 2 is 2.11 bits per heavy atom. The highest BCUT2D eigenvalue weighted by Crippen LogP contribution is 2.22. The van der Waals surface area contributed by atoms with Gasteiger partial charge in [-0.15, -0.1) is 0 Å². The fraction of sp³-hybridized carbons (Fsp3) is 0.533. The fourth-order valence-corrected chi connectivity index (χ4v) is 2.41. The number of nitrogens with one attached hydrogen (secondary N) is 1. The summed E-state index contributed by atoms with van der Waals surface area (Å²) in [5.74, 6) is 1.66. The van der Waals surface area contributed by atoms with Gasteiger partial charge < -0.3 is 14.5 Å². The van der Waals surface area contributed by atoms with E-state index in [-0.39, 0.29) is 0 Å². The maximum atomic E-state index is 4.36. The lowest BCUT2D eigenvalue weighted by atomic mass is 9.98. The van der Waals surface area contributed by atoms with Crippen LogP contribution in [0.3, 0.4) is 0 Å². The van der Waals surface area contributed by atoms with Crippen LogP contribution in [0.15, 0.2) is 30.9 Å². The van der Waals surface area contributed by atoms with Gasteiger partial charge in [0.25, 0.3) is 0 Å². The molecule has 2 aromatic rings. The van der Waals surface area contributed by atoms with E-state index in [0.29, 0.717) is 12.0 Å². The van der Waals surface area contributed by atoms with E-state index in [1.165, 1.54) is 5.56 Å². The fourth-order valence-electron chi connectivity index (χ4n) is 2.41. The third kappa shape index (κ3) is 3.26. The minimum absolute atomic E-state index is 0.424. The molecule has 0 fully saturated rings. The van der Waals surface area contributed by atoms with Crippen LogP contribution in [0.5, 0.6) is 0 Å². The molecule has 4 heteroatoms. The number of imidazole rings is 1. The van der Waals surface area contributed by atoms with Gasteiger partial charge in [-0.3, -0.25) is 0 Å². The molecule has 2 rings (SSSR count). The molecule has 0 amide bonds. The number of aromatic nitrogens is 3. The molecule has 0 aliphatic heterocycles. The highest BCUT2D eigenvalue weighted by Gasteiger charge is 2.15. The summed E-state index contributed by atoms with van der Waals surface area (Å²) in [4.78, 5) is 4.36. The Bertz CT molecular complexity index is 510. The predicted molar refractivity (Wildman–Crippen MR) is 78.0 cm³/mol. The number of hydrogen-bond acceptors (Lipinski definition) is 2. The van der Waals surface area contributed by atoms with Crippen molar-refractivity contribution in [3.63, 3.8) is 0 Å². The molecule has 0 radical (unpaired) electrons. The summed E-state index contributed by atoms with van der Waals surface area (Å²) in [6, 6.07) is 2.63. The summed E-state index contributed by atoms with van der Waals surface area (Å²) in [5, 5.41) is 3.55. The first-order valence-corrected chi connectivity index (χ1v) is 6.97. The molecule has 0 aliphatic carbocycles. The average molecular weight is 260 g/mol. The molecule has 0 aromatic carbocycles. The van der Waals surface area contributed by atoms with Gasteiger partial charge in [0.2, 0.25) is 0 Å². The van der Waals surface area contributed by atoms with Crippen molar-refractivity contribution >= 4 is 0 Å². The first-order valence-electron chi connectivity index (χ1n) is 6.97. The summed E-state index contributed by atoms with van der Waals surface area (Å²) in [7, 11) is 2.03. The topological polar surface area (TPSA) is 34.8 Å². The monoisotopic (exact) mass is 260 g/mol. The van der Waals surface area contributed by atoms with Crippen LogP contribution in [-0.4, -0.2) is 20.7 Å². The van der Waals surface area contributed by atoms with Crippen LogP contribution in [0.1, 0.15) is 38.2 Å². The number of aryl methyl sites for hydroxylation is 1. The number of rotatable bonds is 6. The normalized spacial score (nSPS) is 13.1. The van der Waals surface area contributed by atoms with Crippen molar-refractivity contribution in [3.05, 3.63) is 42.2 Å². The van der Waals surface area contributed by atoms with Crippen LogP contribution in [0, 0.1) is 5.92 Å². The zero-order chi connectivity index (χ0) is 13.8. The number of hydrogen-bond donors (Lipinski definition) is 1. The summed E-state index contributed by atoms with van der Waals surface area (Å²) >= 11 is 0. The highest BCUT2D eigenvalue weighted by atomic mass is 15.1. The standard InChI is InChI=1S/C15H24N4/c1-5-16-15(12(2)3)13-6-8-19(10-13)11-14-17-7-9-18(14)4/h6-10,12,15-16H,5,11H2,1-4H3. The molecule has 4 nitrogen and oxygen atoms in total. The number of nitrogens with zero attached hydrogens (tertiary/aromatic N) is 3. The highest BCUT2D eigenvalue weighted by molar-refractivity contribution is 5.17. The van der Waals surface area contributed by atoms with E-state index in [4.69, 9.17) is 0 Å². The molecule has 2 heterocycles. The summed E-state index contributed by atoms with van der Waals surface area (Å²) in [5.41, 5.74) is 1.35. The maximum absolute atomic E-state index is 4.36. The van der Waals surface area contributed by atoms with Crippen LogP contribution >= 0.6 is 0 Å². The van der Waals surface area contributed by atoms with Crippen molar-refractivity contribution < 1.29 is 0 Å². The third-order valence-electron chi connectivity index (χ3n) is 3.47. The first-order chi connectivity index (χ1) is 9.11. The molecular weight excluding hydrogens is 236 g/mol. The van der Waals surface area contributed by atoms with Crippen molar-refractivity contribution in [2.75, 3.05) is 6.54 Å². The minimum Gasteiger partial charge on any atom is -0.346 e. The van der Waals surface area contributed by atoms with E-state index >= 15 is 0 Å².